The number of carbonyl (C=O) groups is 1. The summed E-state index contributed by atoms with van der Waals surface area (Å²) in [5, 5.41) is 0. The Morgan fingerprint density at radius 3 is 2.45 bits per heavy atom. The fraction of sp³-hybridized carbons (Fsp3) is 0.360. The molecule has 0 N–H and O–H groups in total. The summed E-state index contributed by atoms with van der Waals surface area (Å²) in [6.07, 6.45) is 8.50. The summed E-state index contributed by atoms with van der Waals surface area (Å²) in [5.41, 5.74) is 2.88. The summed E-state index contributed by atoms with van der Waals surface area (Å²) >= 11 is 0. The van der Waals surface area contributed by atoms with Crippen LogP contribution < -0.4 is 0 Å². The average Bonchev–Trinajstić information content (AvgIpc) is 3.34. The van der Waals surface area contributed by atoms with E-state index in [0.29, 0.717) is 11.5 Å². The summed E-state index contributed by atoms with van der Waals surface area (Å²) in [5.74, 6) is 0.412. The van der Waals surface area contributed by atoms with Gasteiger partial charge in [-0.2, -0.15) is 0 Å². The van der Waals surface area contributed by atoms with Crippen molar-refractivity contribution in [1.29, 1.82) is 0 Å². The lowest BCUT2D eigenvalue weighted by atomic mass is 9.95. The van der Waals surface area contributed by atoms with Crippen LogP contribution in [0.3, 0.4) is 0 Å². The molecule has 162 valence electrons. The molecular formula is C25H29FN4O. The number of piperidine rings is 1. The van der Waals surface area contributed by atoms with Crippen LogP contribution in [0.15, 0.2) is 67.3 Å². The van der Waals surface area contributed by atoms with Crippen molar-refractivity contribution in [3.8, 4) is 5.69 Å². The lowest BCUT2D eigenvalue weighted by molar-refractivity contribution is 0.0740. The number of hydrogen-bond donors (Lipinski definition) is 0. The van der Waals surface area contributed by atoms with E-state index in [4.69, 9.17) is 0 Å². The van der Waals surface area contributed by atoms with Crippen molar-refractivity contribution in [3.63, 3.8) is 0 Å². The fourth-order valence-corrected chi connectivity index (χ4v) is 4.21. The Balaban J connectivity index is 1.22. The number of aromatic nitrogens is 2. The molecule has 2 aromatic carbocycles. The largest absolute Gasteiger partial charge is 0.341 e. The number of hydrogen-bond acceptors (Lipinski definition) is 3. The normalized spacial score (nSPS) is 15.2. The van der Waals surface area contributed by atoms with Crippen molar-refractivity contribution in [1.82, 2.24) is 19.4 Å². The highest BCUT2D eigenvalue weighted by molar-refractivity contribution is 5.94. The van der Waals surface area contributed by atoms with Gasteiger partial charge in [-0.1, -0.05) is 12.1 Å². The number of carbonyl (C=O) groups excluding carboxylic acids is 1. The molecule has 1 aliphatic rings. The van der Waals surface area contributed by atoms with E-state index in [1.165, 1.54) is 17.7 Å². The van der Waals surface area contributed by atoms with Crippen molar-refractivity contribution < 1.29 is 9.18 Å². The first-order valence-electron chi connectivity index (χ1n) is 10.9. The number of halogens is 1. The summed E-state index contributed by atoms with van der Waals surface area (Å²) in [4.78, 5) is 21.2. The number of rotatable bonds is 7. The van der Waals surface area contributed by atoms with Gasteiger partial charge < -0.3 is 14.4 Å². The molecule has 1 fully saturated rings. The van der Waals surface area contributed by atoms with Crippen LogP contribution in [0.4, 0.5) is 4.39 Å². The van der Waals surface area contributed by atoms with Gasteiger partial charge in [0.05, 0.1) is 6.33 Å². The maximum Gasteiger partial charge on any atom is 0.253 e. The van der Waals surface area contributed by atoms with Crippen molar-refractivity contribution in [2.75, 3.05) is 33.2 Å². The van der Waals surface area contributed by atoms with Crippen LogP contribution in [0, 0.1) is 11.7 Å². The van der Waals surface area contributed by atoms with E-state index >= 15 is 0 Å². The molecule has 3 aromatic rings. The molecular weight excluding hydrogens is 391 g/mol. The van der Waals surface area contributed by atoms with Gasteiger partial charge in [-0.05, 0) is 80.2 Å². The van der Waals surface area contributed by atoms with E-state index in [-0.39, 0.29) is 11.7 Å². The van der Waals surface area contributed by atoms with Crippen LogP contribution in [-0.2, 0) is 6.42 Å². The van der Waals surface area contributed by atoms with Crippen LogP contribution in [0.5, 0.6) is 0 Å². The molecule has 1 aliphatic heterocycles. The Morgan fingerprint density at radius 1 is 1.10 bits per heavy atom. The first kappa shape index (κ1) is 21.2. The summed E-state index contributed by atoms with van der Waals surface area (Å²) in [7, 11) is 1.90. The van der Waals surface area contributed by atoms with E-state index < -0.39 is 0 Å². The highest BCUT2D eigenvalue weighted by atomic mass is 19.1. The average molecular weight is 421 g/mol. The zero-order valence-corrected chi connectivity index (χ0v) is 18.0. The number of nitrogens with zero attached hydrogens (tertiary/aromatic N) is 4. The zero-order chi connectivity index (χ0) is 21.6. The van der Waals surface area contributed by atoms with Crippen LogP contribution in [0.2, 0.25) is 0 Å². The summed E-state index contributed by atoms with van der Waals surface area (Å²) < 4.78 is 14.9. The second-order valence-electron chi connectivity index (χ2n) is 8.36. The molecule has 6 heteroatoms. The Labute approximate surface area is 183 Å². The van der Waals surface area contributed by atoms with Gasteiger partial charge in [0.1, 0.15) is 5.82 Å². The SMILES string of the molecule is CN(CC1CCN(CCc2ccc(F)cc2)CC1)C(=O)c1ccc(-n2ccnc2)cc1. The molecule has 0 radical (unpaired) electrons. The second kappa shape index (κ2) is 9.88. The third-order valence-electron chi connectivity index (χ3n) is 6.13. The van der Waals surface area contributed by atoms with Crippen molar-refractivity contribution in [2.45, 2.75) is 19.3 Å². The predicted molar refractivity (Wildman–Crippen MR) is 120 cm³/mol. The lowest BCUT2D eigenvalue weighted by Gasteiger charge is -2.34. The molecule has 0 aliphatic carbocycles. The van der Waals surface area contributed by atoms with Crippen molar-refractivity contribution >= 4 is 5.91 Å². The molecule has 1 aromatic heterocycles. The third kappa shape index (κ3) is 5.58. The minimum atomic E-state index is -0.183. The number of benzene rings is 2. The van der Waals surface area contributed by atoms with Crippen LogP contribution in [-0.4, -0.2) is 58.5 Å². The monoisotopic (exact) mass is 420 g/mol. The van der Waals surface area contributed by atoms with Gasteiger partial charge in [0.2, 0.25) is 0 Å². The van der Waals surface area contributed by atoms with Crippen molar-refractivity contribution in [3.05, 3.63) is 84.2 Å². The van der Waals surface area contributed by atoms with Crippen molar-refractivity contribution in [2.24, 2.45) is 5.92 Å². The molecule has 0 atom stereocenters. The van der Waals surface area contributed by atoms with E-state index in [9.17, 15) is 9.18 Å². The van der Waals surface area contributed by atoms with E-state index in [0.717, 1.165) is 51.1 Å². The van der Waals surface area contributed by atoms with Crippen LogP contribution in [0.25, 0.3) is 5.69 Å². The third-order valence-corrected chi connectivity index (χ3v) is 6.13. The molecule has 5 nitrogen and oxygen atoms in total. The van der Waals surface area contributed by atoms with Gasteiger partial charge in [-0.25, -0.2) is 9.37 Å². The Morgan fingerprint density at radius 2 is 1.81 bits per heavy atom. The Bertz CT molecular complexity index is 962. The van der Waals surface area contributed by atoms with Gasteiger partial charge >= 0.3 is 0 Å². The quantitative estimate of drug-likeness (QED) is 0.579. The first-order valence-corrected chi connectivity index (χ1v) is 10.9. The van der Waals surface area contributed by atoms with Crippen LogP contribution >= 0.6 is 0 Å². The minimum Gasteiger partial charge on any atom is -0.341 e. The van der Waals surface area contributed by atoms with Gasteiger partial charge in [0, 0.05) is 43.8 Å². The summed E-state index contributed by atoms with van der Waals surface area (Å²) in [6.45, 7) is 3.88. The molecule has 2 heterocycles. The van der Waals surface area contributed by atoms with E-state index in [2.05, 4.69) is 9.88 Å². The van der Waals surface area contributed by atoms with Gasteiger partial charge in [-0.15, -0.1) is 0 Å². The van der Waals surface area contributed by atoms with E-state index in [1.54, 1.807) is 12.5 Å². The lowest BCUT2D eigenvalue weighted by Crippen LogP contribution is -2.40. The highest BCUT2D eigenvalue weighted by Crippen LogP contribution is 2.20. The zero-order valence-electron chi connectivity index (χ0n) is 18.0. The minimum absolute atomic E-state index is 0.0657. The number of likely N-dealkylation sites (tertiary alicyclic amines) is 1. The molecule has 0 unspecified atom stereocenters. The molecule has 31 heavy (non-hydrogen) atoms. The highest BCUT2D eigenvalue weighted by Gasteiger charge is 2.22. The fourth-order valence-electron chi connectivity index (χ4n) is 4.21. The maximum absolute atomic E-state index is 13.0. The number of amides is 1. The Kier molecular flexibility index (Phi) is 6.77. The van der Waals surface area contributed by atoms with Gasteiger partial charge in [0.15, 0.2) is 0 Å². The molecule has 0 saturated carbocycles. The maximum atomic E-state index is 13.0. The second-order valence-corrected chi connectivity index (χ2v) is 8.36. The molecule has 1 saturated heterocycles. The number of imidazole rings is 1. The van der Waals surface area contributed by atoms with Gasteiger partial charge in [-0.3, -0.25) is 4.79 Å². The molecule has 4 rings (SSSR count). The Hall–Kier alpha value is -2.99. The molecule has 0 bridgehead atoms. The first-order chi connectivity index (χ1) is 15.1. The summed E-state index contributed by atoms with van der Waals surface area (Å²) in [6, 6.07) is 14.4. The topological polar surface area (TPSA) is 41.4 Å². The smallest absolute Gasteiger partial charge is 0.253 e. The molecule has 1 amide bonds. The van der Waals surface area contributed by atoms with Crippen LogP contribution in [0.1, 0.15) is 28.8 Å². The standard InChI is InChI=1S/C25H29FN4O/c1-28(25(31)22-4-8-24(9-5-22)30-17-13-27-19-30)18-21-11-15-29(16-12-21)14-10-20-2-6-23(26)7-3-20/h2-9,13,17,19,21H,10-12,14-16,18H2,1H3. The molecule has 0 spiro atoms. The van der Waals surface area contributed by atoms with E-state index in [1.807, 2.05) is 59.1 Å². The van der Waals surface area contributed by atoms with Gasteiger partial charge in [0.25, 0.3) is 5.91 Å². The predicted octanol–water partition coefficient (Wildman–Crippen LogP) is 4.04.